The molecule has 0 N–H and O–H groups in total. The second kappa shape index (κ2) is 7.09. The van der Waals surface area contributed by atoms with Crippen molar-refractivity contribution in [2.24, 2.45) is 0 Å². The molecule has 0 aliphatic rings. The number of carbonyl (C=O) groups excluding carboxylic acids is 1. The van der Waals surface area contributed by atoms with E-state index in [0.717, 1.165) is 25.0 Å². The second-order valence-corrected chi connectivity index (χ2v) is 3.93. The number of hydrogen-bond acceptors (Lipinski definition) is 3. The van der Waals surface area contributed by atoms with Crippen molar-refractivity contribution in [3.63, 3.8) is 0 Å². The summed E-state index contributed by atoms with van der Waals surface area (Å²) in [6.45, 7) is 4.60. The molecule has 1 aromatic rings. The summed E-state index contributed by atoms with van der Waals surface area (Å²) in [5.74, 6) is 0.913. The van der Waals surface area contributed by atoms with Gasteiger partial charge in [-0.25, -0.2) is 0 Å². The van der Waals surface area contributed by atoms with Crippen LogP contribution in [0.1, 0.15) is 51.2 Å². The maximum Gasteiger partial charge on any atom is 0.306 e. The lowest BCUT2D eigenvalue weighted by Gasteiger charge is -2.12. The number of furan rings is 1. The minimum absolute atomic E-state index is 0.128. The molecule has 3 nitrogen and oxygen atoms in total. The van der Waals surface area contributed by atoms with Gasteiger partial charge in [-0.1, -0.05) is 20.3 Å². The Morgan fingerprint density at radius 2 is 2.25 bits per heavy atom. The molecular weight excluding hydrogens is 204 g/mol. The molecule has 90 valence electrons. The third kappa shape index (κ3) is 4.09. The van der Waals surface area contributed by atoms with Gasteiger partial charge in [0.15, 0.2) is 0 Å². The average molecular weight is 224 g/mol. The number of rotatable bonds is 7. The molecule has 0 aromatic carbocycles. The van der Waals surface area contributed by atoms with Crippen LogP contribution in [0.3, 0.4) is 0 Å². The summed E-state index contributed by atoms with van der Waals surface area (Å²) >= 11 is 0. The van der Waals surface area contributed by atoms with Crippen molar-refractivity contribution in [2.75, 3.05) is 6.61 Å². The molecule has 1 unspecified atom stereocenters. The Hall–Kier alpha value is -1.25. The number of ether oxygens (including phenoxy) is 1. The van der Waals surface area contributed by atoms with E-state index in [2.05, 4.69) is 6.92 Å². The van der Waals surface area contributed by atoms with Crippen molar-refractivity contribution >= 4 is 5.97 Å². The van der Waals surface area contributed by atoms with E-state index in [9.17, 15) is 4.79 Å². The molecule has 1 rings (SSSR count). The summed E-state index contributed by atoms with van der Waals surface area (Å²) < 4.78 is 10.4. The lowest BCUT2D eigenvalue weighted by Crippen LogP contribution is -2.10. The highest BCUT2D eigenvalue weighted by Gasteiger charge is 2.18. The predicted octanol–water partition coefficient (Wildman–Crippen LogP) is 3.51. The topological polar surface area (TPSA) is 39.4 Å². The molecule has 0 saturated carbocycles. The zero-order valence-corrected chi connectivity index (χ0v) is 10.1. The molecule has 3 heteroatoms. The van der Waals surface area contributed by atoms with Crippen LogP contribution in [-0.2, 0) is 9.53 Å². The van der Waals surface area contributed by atoms with Gasteiger partial charge in [0.05, 0.1) is 19.3 Å². The van der Waals surface area contributed by atoms with Crippen molar-refractivity contribution in [1.82, 2.24) is 0 Å². The molecule has 0 fully saturated rings. The first kappa shape index (κ1) is 12.8. The van der Waals surface area contributed by atoms with Gasteiger partial charge in [-0.15, -0.1) is 0 Å². The Morgan fingerprint density at radius 1 is 1.44 bits per heavy atom. The van der Waals surface area contributed by atoms with Crippen molar-refractivity contribution in [3.8, 4) is 0 Å². The first-order valence-corrected chi connectivity index (χ1v) is 5.97. The van der Waals surface area contributed by atoms with E-state index in [1.165, 1.54) is 0 Å². The van der Waals surface area contributed by atoms with E-state index in [-0.39, 0.29) is 11.9 Å². The number of esters is 1. The molecule has 1 atom stereocenters. The molecule has 0 aliphatic heterocycles. The van der Waals surface area contributed by atoms with Crippen molar-refractivity contribution in [1.29, 1.82) is 0 Å². The standard InChI is InChI=1S/C13H20O3/c1-3-6-11(12-7-5-9-15-12)10-13(14)16-8-4-2/h5,7,9,11H,3-4,6,8,10H2,1-2H3. The summed E-state index contributed by atoms with van der Waals surface area (Å²) in [7, 11) is 0. The lowest BCUT2D eigenvalue weighted by atomic mass is 9.97. The highest BCUT2D eigenvalue weighted by molar-refractivity contribution is 5.70. The monoisotopic (exact) mass is 224 g/mol. The van der Waals surface area contributed by atoms with Crippen molar-refractivity contribution in [2.45, 2.75) is 45.4 Å². The van der Waals surface area contributed by atoms with E-state index >= 15 is 0 Å². The van der Waals surface area contributed by atoms with Crippen molar-refractivity contribution < 1.29 is 13.9 Å². The Bertz CT molecular complexity index is 290. The van der Waals surface area contributed by atoms with E-state index in [1.807, 2.05) is 19.1 Å². The van der Waals surface area contributed by atoms with Gasteiger partial charge < -0.3 is 9.15 Å². The SMILES string of the molecule is CCCOC(=O)CC(CCC)c1ccco1. The summed E-state index contributed by atoms with van der Waals surface area (Å²) in [5.41, 5.74) is 0. The van der Waals surface area contributed by atoms with Gasteiger partial charge in [-0.05, 0) is 25.0 Å². The third-order valence-electron chi connectivity index (χ3n) is 2.46. The fraction of sp³-hybridized carbons (Fsp3) is 0.615. The van der Waals surface area contributed by atoms with Crippen LogP contribution in [-0.4, -0.2) is 12.6 Å². The maximum absolute atomic E-state index is 11.5. The first-order chi connectivity index (χ1) is 7.77. The van der Waals surface area contributed by atoms with Gasteiger partial charge in [0.25, 0.3) is 0 Å². The fourth-order valence-electron chi connectivity index (χ4n) is 1.69. The van der Waals surface area contributed by atoms with Gasteiger partial charge >= 0.3 is 5.97 Å². The Morgan fingerprint density at radius 3 is 2.81 bits per heavy atom. The zero-order valence-electron chi connectivity index (χ0n) is 10.1. The van der Waals surface area contributed by atoms with Crippen LogP contribution in [0.15, 0.2) is 22.8 Å². The number of hydrogen-bond donors (Lipinski definition) is 0. The maximum atomic E-state index is 11.5. The lowest BCUT2D eigenvalue weighted by molar-refractivity contribution is -0.144. The van der Waals surface area contributed by atoms with Crippen LogP contribution >= 0.6 is 0 Å². The zero-order chi connectivity index (χ0) is 11.8. The minimum Gasteiger partial charge on any atom is -0.469 e. The van der Waals surface area contributed by atoms with Gasteiger partial charge in [0.1, 0.15) is 5.76 Å². The van der Waals surface area contributed by atoms with E-state index in [4.69, 9.17) is 9.15 Å². The Labute approximate surface area is 96.8 Å². The molecule has 16 heavy (non-hydrogen) atoms. The summed E-state index contributed by atoms with van der Waals surface area (Å²) in [4.78, 5) is 11.5. The highest BCUT2D eigenvalue weighted by atomic mass is 16.5. The quantitative estimate of drug-likeness (QED) is 0.665. The number of carbonyl (C=O) groups is 1. The van der Waals surface area contributed by atoms with Gasteiger partial charge in [0.2, 0.25) is 0 Å². The highest BCUT2D eigenvalue weighted by Crippen LogP contribution is 2.25. The summed E-state index contributed by atoms with van der Waals surface area (Å²) in [6.07, 6.45) is 4.92. The molecule has 0 spiro atoms. The van der Waals surface area contributed by atoms with Gasteiger partial charge in [-0.3, -0.25) is 4.79 Å². The molecule has 1 heterocycles. The van der Waals surface area contributed by atoms with Crippen LogP contribution < -0.4 is 0 Å². The van der Waals surface area contributed by atoms with Crippen LogP contribution in [0, 0.1) is 0 Å². The normalized spacial score (nSPS) is 12.4. The smallest absolute Gasteiger partial charge is 0.306 e. The van der Waals surface area contributed by atoms with Crippen LogP contribution in [0.5, 0.6) is 0 Å². The van der Waals surface area contributed by atoms with Gasteiger partial charge in [0, 0.05) is 5.92 Å². The van der Waals surface area contributed by atoms with E-state index in [1.54, 1.807) is 6.26 Å². The minimum atomic E-state index is -0.128. The Kier molecular flexibility index (Phi) is 5.68. The Balaban J connectivity index is 2.48. The van der Waals surface area contributed by atoms with E-state index in [0.29, 0.717) is 13.0 Å². The van der Waals surface area contributed by atoms with Crippen LogP contribution in [0.25, 0.3) is 0 Å². The molecule has 1 aromatic heterocycles. The van der Waals surface area contributed by atoms with E-state index < -0.39 is 0 Å². The van der Waals surface area contributed by atoms with Crippen molar-refractivity contribution in [3.05, 3.63) is 24.2 Å². The molecule has 0 saturated heterocycles. The molecule has 0 radical (unpaired) electrons. The summed E-state index contributed by atoms with van der Waals surface area (Å²) in [6, 6.07) is 3.78. The molecule has 0 amide bonds. The van der Waals surface area contributed by atoms with Gasteiger partial charge in [-0.2, -0.15) is 0 Å². The summed E-state index contributed by atoms with van der Waals surface area (Å²) in [5, 5.41) is 0. The first-order valence-electron chi connectivity index (χ1n) is 5.97. The molecular formula is C13H20O3. The average Bonchev–Trinajstić information content (AvgIpc) is 2.79. The largest absolute Gasteiger partial charge is 0.469 e. The van der Waals surface area contributed by atoms with Crippen LogP contribution in [0.2, 0.25) is 0 Å². The van der Waals surface area contributed by atoms with Crippen LogP contribution in [0.4, 0.5) is 0 Å². The third-order valence-corrected chi connectivity index (χ3v) is 2.46. The molecule has 0 aliphatic carbocycles. The predicted molar refractivity (Wildman–Crippen MR) is 62.2 cm³/mol. The second-order valence-electron chi connectivity index (χ2n) is 3.93. The fourth-order valence-corrected chi connectivity index (χ4v) is 1.69. The molecule has 0 bridgehead atoms.